The first-order valence-electron chi connectivity index (χ1n) is 6.31. The minimum absolute atomic E-state index is 0.912. The van der Waals surface area contributed by atoms with Crippen LogP contribution in [0, 0.1) is 0 Å². The van der Waals surface area contributed by atoms with Gasteiger partial charge in [-0.15, -0.1) is 0 Å². The zero-order valence-corrected chi connectivity index (χ0v) is 9.74. The first kappa shape index (κ1) is 9.42. The largest absolute Gasteiger partial charge is 0.329 e. The summed E-state index contributed by atoms with van der Waals surface area (Å²) in [4.78, 5) is 4.83. The quantitative estimate of drug-likeness (QED) is 0.740. The lowest BCUT2D eigenvalue weighted by Gasteiger charge is -2.20. The van der Waals surface area contributed by atoms with E-state index >= 15 is 0 Å². The van der Waals surface area contributed by atoms with E-state index in [1.165, 1.54) is 28.3 Å². The zero-order valence-electron chi connectivity index (χ0n) is 9.74. The second-order valence-electron chi connectivity index (χ2n) is 4.81. The summed E-state index contributed by atoms with van der Waals surface area (Å²) >= 11 is 0. The van der Waals surface area contributed by atoms with Gasteiger partial charge >= 0.3 is 0 Å². The van der Waals surface area contributed by atoms with Gasteiger partial charge in [-0.1, -0.05) is 24.3 Å². The van der Waals surface area contributed by atoms with Crippen molar-refractivity contribution in [2.24, 2.45) is 0 Å². The van der Waals surface area contributed by atoms with Crippen LogP contribution in [0.2, 0.25) is 0 Å². The third-order valence-electron chi connectivity index (χ3n) is 3.85. The molecule has 1 aromatic heterocycles. The Morgan fingerprint density at radius 2 is 2.12 bits per heavy atom. The molecule has 1 aliphatic carbocycles. The van der Waals surface area contributed by atoms with Gasteiger partial charge in [0.1, 0.15) is 5.82 Å². The summed E-state index contributed by atoms with van der Waals surface area (Å²) in [5.74, 6) is 1.21. The molecule has 4 rings (SSSR count). The number of aromatic nitrogens is 2. The number of nitrogens with one attached hydrogen (secondary N) is 1. The van der Waals surface area contributed by atoms with Crippen molar-refractivity contribution in [1.29, 1.82) is 0 Å². The molecule has 3 nitrogen and oxygen atoms in total. The van der Waals surface area contributed by atoms with Gasteiger partial charge in [-0.25, -0.2) is 4.98 Å². The Balaban J connectivity index is 1.96. The molecule has 0 spiro atoms. The molecule has 86 valence electrons. The molecule has 0 amide bonds. The smallest absolute Gasteiger partial charge is 0.123 e. The Kier molecular flexibility index (Phi) is 1.91. The van der Waals surface area contributed by atoms with Crippen molar-refractivity contribution in [1.82, 2.24) is 14.9 Å². The summed E-state index contributed by atoms with van der Waals surface area (Å²) in [6, 6.07) is 8.68. The van der Waals surface area contributed by atoms with E-state index in [1.807, 2.05) is 0 Å². The van der Waals surface area contributed by atoms with Crippen LogP contribution in [-0.4, -0.2) is 16.1 Å². The number of benzene rings is 1. The van der Waals surface area contributed by atoms with Gasteiger partial charge in [-0.05, 0) is 18.4 Å². The van der Waals surface area contributed by atoms with E-state index in [4.69, 9.17) is 4.98 Å². The lowest BCUT2D eigenvalue weighted by atomic mass is 9.92. The molecule has 0 radical (unpaired) electrons. The van der Waals surface area contributed by atoms with E-state index in [9.17, 15) is 0 Å². The van der Waals surface area contributed by atoms with E-state index in [1.54, 1.807) is 0 Å². The van der Waals surface area contributed by atoms with Crippen molar-refractivity contribution >= 4 is 0 Å². The van der Waals surface area contributed by atoms with Crippen LogP contribution in [0.25, 0.3) is 11.3 Å². The summed E-state index contributed by atoms with van der Waals surface area (Å²) in [7, 11) is 0. The van der Waals surface area contributed by atoms with Crippen LogP contribution in [0.15, 0.2) is 24.3 Å². The Bertz CT molecular complexity index is 583. The molecule has 0 fully saturated rings. The van der Waals surface area contributed by atoms with Crippen molar-refractivity contribution in [3.05, 3.63) is 41.3 Å². The van der Waals surface area contributed by atoms with E-state index in [2.05, 4.69) is 34.1 Å². The minimum atomic E-state index is 0.912. The van der Waals surface area contributed by atoms with E-state index < -0.39 is 0 Å². The highest BCUT2D eigenvalue weighted by Gasteiger charge is 2.24. The summed E-state index contributed by atoms with van der Waals surface area (Å²) < 4.78 is 2.42. The Hall–Kier alpha value is -1.61. The highest BCUT2D eigenvalue weighted by atomic mass is 15.2. The zero-order chi connectivity index (χ0) is 11.2. The van der Waals surface area contributed by atoms with Crippen molar-refractivity contribution in [2.75, 3.05) is 6.54 Å². The van der Waals surface area contributed by atoms with Gasteiger partial charge in [-0.3, -0.25) is 0 Å². The molecule has 1 N–H and O–H groups in total. The molecular weight excluding hydrogens is 210 g/mol. The standard InChI is InChI=1S/C14H15N3/c1-2-4-11-10(3-1)5-6-12-14(11)16-13-9-15-7-8-17(12)13/h1-4,15H,5-9H2. The van der Waals surface area contributed by atoms with Crippen LogP contribution in [-0.2, 0) is 25.9 Å². The van der Waals surface area contributed by atoms with Crippen LogP contribution in [0.3, 0.4) is 0 Å². The molecule has 0 unspecified atom stereocenters. The lowest BCUT2D eigenvalue weighted by Crippen LogP contribution is -2.29. The fourth-order valence-electron chi connectivity index (χ4n) is 3.02. The van der Waals surface area contributed by atoms with Crippen LogP contribution >= 0.6 is 0 Å². The maximum atomic E-state index is 4.83. The van der Waals surface area contributed by atoms with E-state index in [0.29, 0.717) is 0 Å². The molecule has 0 atom stereocenters. The Labute approximate surface area is 100 Å². The maximum absolute atomic E-state index is 4.83. The van der Waals surface area contributed by atoms with E-state index in [-0.39, 0.29) is 0 Å². The third kappa shape index (κ3) is 1.29. The van der Waals surface area contributed by atoms with Crippen LogP contribution in [0.1, 0.15) is 17.1 Å². The number of nitrogens with zero attached hydrogens (tertiary/aromatic N) is 2. The van der Waals surface area contributed by atoms with Crippen molar-refractivity contribution in [2.45, 2.75) is 25.9 Å². The monoisotopic (exact) mass is 225 g/mol. The molecule has 1 aliphatic heterocycles. The summed E-state index contributed by atoms with van der Waals surface area (Å²) in [6.45, 7) is 3.05. The molecule has 1 aromatic carbocycles. The summed E-state index contributed by atoms with van der Waals surface area (Å²) in [6.07, 6.45) is 2.29. The molecule has 2 aliphatic rings. The lowest BCUT2D eigenvalue weighted by molar-refractivity contribution is 0.493. The van der Waals surface area contributed by atoms with Gasteiger partial charge in [0, 0.05) is 24.3 Å². The van der Waals surface area contributed by atoms with Crippen molar-refractivity contribution in [3.63, 3.8) is 0 Å². The van der Waals surface area contributed by atoms with Gasteiger partial charge in [0.05, 0.1) is 12.2 Å². The average Bonchev–Trinajstić information content (AvgIpc) is 2.78. The predicted molar refractivity (Wildman–Crippen MR) is 66.8 cm³/mol. The highest BCUT2D eigenvalue weighted by molar-refractivity contribution is 5.69. The number of fused-ring (bicyclic) bond motifs is 5. The number of rotatable bonds is 0. The number of imidazole rings is 1. The number of aryl methyl sites for hydroxylation is 1. The third-order valence-corrected chi connectivity index (χ3v) is 3.85. The summed E-state index contributed by atoms with van der Waals surface area (Å²) in [5.41, 5.74) is 5.46. The van der Waals surface area contributed by atoms with Crippen LogP contribution in [0.4, 0.5) is 0 Å². The van der Waals surface area contributed by atoms with Gasteiger partial charge < -0.3 is 9.88 Å². The fraction of sp³-hybridized carbons (Fsp3) is 0.357. The first-order valence-corrected chi connectivity index (χ1v) is 6.31. The van der Waals surface area contributed by atoms with Crippen LogP contribution in [0.5, 0.6) is 0 Å². The fourth-order valence-corrected chi connectivity index (χ4v) is 3.02. The molecule has 17 heavy (non-hydrogen) atoms. The SMILES string of the molecule is c1ccc2c(c1)CCc1c-2nc2n1CCNC2. The average molecular weight is 225 g/mol. The molecule has 3 heteroatoms. The van der Waals surface area contributed by atoms with Gasteiger partial charge in [0.15, 0.2) is 0 Å². The Morgan fingerprint density at radius 3 is 3.12 bits per heavy atom. The molecule has 0 saturated heterocycles. The molecule has 0 saturated carbocycles. The highest BCUT2D eigenvalue weighted by Crippen LogP contribution is 2.33. The second-order valence-corrected chi connectivity index (χ2v) is 4.81. The molecule has 2 aromatic rings. The number of hydrogen-bond donors (Lipinski definition) is 1. The topological polar surface area (TPSA) is 29.9 Å². The normalized spacial score (nSPS) is 17.2. The van der Waals surface area contributed by atoms with Gasteiger partial charge in [0.25, 0.3) is 0 Å². The minimum Gasteiger partial charge on any atom is -0.329 e. The molecule has 2 heterocycles. The summed E-state index contributed by atoms with van der Waals surface area (Å²) in [5, 5.41) is 3.39. The molecular formula is C14H15N3. The van der Waals surface area contributed by atoms with Gasteiger partial charge in [-0.2, -0.15) is 0 Å². The van der Waals surface area contributed by atoms with Gasteiger partial charge in [0.2, 0.25) is 0 Å². The van der Waals surface area contributed by atoms with Crippen molar-refractivity contribution < 1.29 is 0 Å². The number of hydrogen-bond acceptors (Lipinski definition) is 2. The van der Waals surface area contributed by atoms with Crippen LogP contribution < -0.4 is 5.32 Å². The predicted octanol–water partition coefficient (Wildman–Crippen LogP) is 1.75. The van der Waals surface area contributed by atoms with E-state index in [0.717, 1.165) is 32.5 Å². The second kappa shape index (κ2) is 3.44. The Morgan fingerprint density at radius 1 is 1.18 bits per heavy atom. The maximum Gasteiger partial charge on any atom is 0.123 e. The first-order chi connectivity index (χ1) is 8.43. The molecule has 0 bridgehead atoms. The van der Waals surface area contributed by atoms with Crippen molar-refractivity contribution in [3.8, 4) is 11.3 Å².